The Morgan fingerprint density at radius 3 is 2.88 bits per heavy atom. The summed E-state index contributed by atoms with van der Waals surface area (Å²) in [5, 5.41) is 1.97. The van der Waals surface area contributed by atoms with Crippen LogP contribution in [0.2, 0.25) is 0 Å². The van der Waals surface area contributed by atoms with E-state index in [0.29, 0.717) is 6.54 Å². The van der Waals surface area contributed by atoms with E-state index in [0.717, 1.165) is 18.5 Å². The maximum absolute atomic E-state index is 11.7. The number of carbonyl (C=O) groups is 2. The van der Waals surface area contributed by atoms with Gasteiger partial charge in [0.1, 0.15) is 0 Å². The van der Waals surface area contributed by atoms with Crippen LogP contribution in [0.25, 0.3) is 0 Å². The van der Waals surface area contributed by atoms with Crippen LogP contribution in [0.1, 0.15) is 35.3 Å². The molecular formula is C11H14N2O3S. The minimum atomic E-state index is -0.660. The summed E-state index contributed by atoms with van der Waals surface area (Å²) < 4.78 is 4.80. The van der Waals surface area contributed by atoms with Crippen LogP contribution in [0.5, 0.6) is 0 Å². The molecule has 1 aromatic rings. The zero-order valence-electron chi connectivity index (χ0n) is 9.80. The van der Waals surface area contributed by atoms with Gasteiger partial charge in [0.05, 0.1) is 0 Å². The van der Waals surface area contributed by atoms with Gasteiger partial charge in [0.15, 0.2) is 0 Å². The third-order valence-corrected chi connectivity index (χ3v) is 3.70. The van der Waals surface area contributed by atoms with Crippen molar-refractivity contribution in [3.8, 4) is 0 Å². The number of aromatic nitrogens is 1. The highest BCUT2D eigenvalue weighted by molar-refractivity contribution is 7.11. The lowest BCUT2D eigenvalue weighted by Crippen LogP contribution is -2.35. The first-order valence-electron chi connectivity index (χ1n) is 5.53. The summed E-state index contributed by atoms with van der Waals surface area (Å²) in [6.07, 6.45) is 1.35. The van der Waals surface area contributed by atoms with Crippen LogP contribution >= 0.6 is 11.3 Å². The maximum atomic E-state index is 11.7. The number of hydrogen-bond donors (Lipinski definition) is 0. The molecule has 1 amide bonds. The number of hydrogen-bond acceptors (Lipinski definition) is 5. The zero-order valence-corrected chi connectivity index (χ0v) is 10.6. The van der Waals surface area contributed by atoms with Crippen molar-refractivity contribution < 1.29 is 14.3 Å². The molecule has 17 heavy (non-hydrogen) atoms. The van der Waals surface area contributed by atoms with Gasteiger partial charge in [-0.25, -0.2) is 14.6 Å². The third-order valence-electron chi connectivity index (χ3n) is 2.76. The second-order valence-corrected chi connectivity index (χ2v) is 4.99. The highest BCUT2D eigenvalue weighted by Crippen LogP contribution is 2.18. The van der Waals surface area contributed by atoms with Crippen molar-refractivity contribution in [1.82, 2.24) is 9.88 Å². The fourth-order valence-electron chi connectivity index (χ4n) is 1.83. The van der Waals surface area contributed by atoms with Crippen LogP contribution in [-0.4, -0.2) is 34.5 Å². The summed E-state index contributed by atoms with van der Waals surface area (Å²) in [5.41, 5.74) is 0.754. The zero-order chi connectivity index (χ0) is 12.4. The van der Waals surface area contributed by atoms with E-state index in [1.54, 1.807) is 17.2 Å². The first kappa shape index (κ1) is 12.0. The number of thiazole rings is 1. The lowest BCUT2D eigenvalue weighted by atomic mass is 10.2. The number of esters is 1. The molecule has 5 nitrogen and oxygen atoms in total. The molecule has 1 fully saturated rings. The molecule has 0 spiro atoms. The minimum absolute atomic E-state index is 0.147. The fourth-order valence-corrected chi connectivity index (χ4v) is 2.50. The van der Waals surface area contributed by atoms with E-state index in [4.69, 9.17) is 4.74 Å². The Morgan fingerprint density at radius 1 is 1.59 bits per heavy atom. The number of likely N-dealkylation sites (tertiary alicyclic amines) is 1. The van der Waals surface area contributed by atoms with Gasteiger partial charge in [-0.3, -0.25) is 0 Å². The Morgan fingerprint density at radius 2 is 2.35 bits per heavy atom. The number of nitrogens with zero attached hydrogens (tertiary/aromatic N) is 2. The predicted octanol–water partition coefficient (Wildman–Crippen LogP) is 2.21. The summed E-state index contributed by atoms with van der Waals surface area (Å²) in [5.74, 6) is -0.660. The van der Waals surface area contributed by atoms with Gasteiger partial charge in [-0.15, -0.1) is 11.3 Å². The Kier molecular flexibility index (Phi) is 3.42. The Hall–Kier alpha value is -1.43. The molecule has 0 aromatic carbocycles. The number of rotatable bonds is 1. The number of aryl methyl sites for hydroxylation is 1. The highest BCUT2D eigenvalue weighted by atomic mass is 32.1. The topological polar surface area (TPSA) is 59.5 Å². The van der Waals surface area contributed by atoms with E-state index in [1.807, 2.05) is 6.92 Å². The molecule has 0 bridgehead atoms. The molecule has 2 heterocycles. The Labute approximate surface area is 103 Å². The summed E-state index contributed by atoms with van der Waals surface area (Å²) >= 11 is 1.19. The lowest BCUT2D eigenvalue weighted by molar-refractivity contribution is 0.0537. The van der Waals surface area contributed by atoms with E-state index < -0.39 is 12.1 Å². The van der Waals surface area contributed by atoms with Crippen molar-refractivity contribution in [3.05, 3.63) is 16.1 Å². The average Bonchev–Trinajstić information content (AvgIpc) is 2.86. The van der Waals surface area contributed by atoms with Gasteiger partial charge in [0.25, 0.3) is 0 Å². The molecule has 0 unspecified atom stereocenters. The summed E-state index contributed by atoms with van der Waals surface area (Å²) in [6.45, 7) is 4.40. The summed E-state index contributed by atoms with van der Waals surface area (Å²) in [6, 6.07) is 0.147. The van der Waals surface area contributed by atoms with Crippen LogP contribution in [0.15, 0.2) is 5.38 Å². The van der Waals surface area contributed by atoms with E-state index in [-0.39, 0.29) is 11.0 Å². The van der Waals surface area contributed by atoms with Gasteiger partial charge in [0, 0.05) is 23.7 Å². The van der Waals surface area contributed by atoms with Crippen molar-refractivity contribution in [1.29, 1.82) is 0 Å². The molecule has 2 rings (SSSR count). The molecule has 1 aliphatic rings. The predicted molar refractivity (Wildman–Crippen MR) is 63.1 cm³/mol. The molecule has 0 N–H and O–H groups in total. The normalized spacial score (nSPS) is 19.4. The molecule has 1 aromatic heterocycles. The molecule has 0 radical (unpaired) electrons. The van der Waals surface area contributed by atoms with Crippen LogP contribution in [0.4, 0.5) is 4.79 Å². The molecule has 0 saturated carbocycles. The van der Waals surface area contributed by atoms with Crippen LogP contribution in [-0.2, 0) is 4.74 Å². The van der Waals surface area contributed by atoms with E-state index in [1.165, 1.54) is 11.3 Å². The molecule has 92 valence electrons. The van der Waals surface area contributed by atoms with Crippen LogP contribution < -0.4 is 0 Å². The average molecular weight is 254 g/mol. The maximum Gasteiger partial charge on any atom is 0.418 e. The first-order chi connectivity index (χ1) is 8.08. The van der Waals surface area contributed by atoms with Gasteiger partial charge in [0.2, 0.25) is 5.01 Å². The Balaban J connectivity index is 1.97. The molecule has 1 aliphatic heterocycles. The molecule has 1 saturated heterocycles. The quantitative estimate of drug-likeness (QED) is 0.569. The van der Waals surface area contributed by atoms with E-state index >= 15 is 0 Å². The minimum Gasteiger partial charge on any atom is -0.371 e. The molecule has 1 atom stereocenters. The molecule has 6 heteroatoms. The lowest BCUT2D eigenvalue weighted by Gasteiger charge is -2.19. The number of amides is 1. The van der Waals surface area contributed by atoms with Crippen molar-refractivity contribution in [2.45, 2.75) is 32.7 Å². The van der Waals surface area contributed by atoms with Gasteiger partial charge < -0.3 is 9.64 Å². The van der Waals surface area contributed by atoms with E-state index in [9.17, 15) is 9.59 Å². The van der Waals surface area contributed by atoms with Crippen molar-refractivity contribution in [2.75, 3.05) is 6.54 Å². The number of carbonyl (C=O) groups excluding carboxylic acids is 2. The highest BCUT2D eigenvalue weighted by Gasteiger charge is 2.28. The fraction of sp³-hybridized carbons (Fsp3) is 0.545. The van der Waals surface area contributed by atoms with Gasteiger partial charge in [-0.05, 0) is 26.7 Å². The van der Waals surface area contributed by atoms with Gasteiger partial charge in [-0.2, -0.15) is 0 Å². The van der Waals surface area contributed by atoms with Gasteiger partial charge in [-0.1, -0.05) is 0 Å². The summed E-state index contributed by atoms with van der Waals surface area (Å²) in [4.78, 5) is 28.9. The summed E-state index contributed by atoms with van der Waals surface area (Å²) in [7, 11) is 0. The monoisotopic (exact) mass is 254 g/mol. The number of ether oxygens (including phenoxy) is 1. The van der Waals surface area contributed by atoms with Crippen molar-refractivity contribution in [2.24, 2.45) is 0 Å². The van der Waals surface area contributed by atoms with Crippen LogP contribution in [0.3, 0.4) is 0 Å². The van der Waals surface area contributed by atoms with E-state index in [2.05, 4.69) is 4.98 Å². The van der Waals surface area contributed by atoms with Crippen LogP contribution in [0, 0.1) is 6.92 Å². The third kappa shape index (κ3) is 2.63. The largest absolute Gasteiger partial charge is 0.418 e. The smallest absolute Gasteiger partial charge is 0.371 e. The second-order valence-electron chi connectivity index (χ2n) is 4.13. The molecule has 0 aliphatic carbocycles. The standard InChI is InChI=1S/C11H14N2O3S/c1-7-6-17-9(12-7)10(14)16-11(15)13-5-3-4-8(13)2/h6,8H,3-5H2,1-2H3/t8-/m0/s1. The van der Waals surface area contributed by atoms with Crippen molar-refractivity contribution in [3.63, 3.8) is 0 Å². The molecular weight excluding hydrogens is 240 g/mol. The van der Waals surface area contributed by atoms with Crippen molar-refractivity contribution >= 4 is 23.4 Å². The Bertz CT molecular complexity index is 444. The second kappa shape index (κ2) is 4.83. The first-order valence-corrected chi connectivity index (χ1v) is 6.41. The SMILES string of the molecule is Cc1csc(C(=O)OC(=O)N2CCC[C@@H]2C)n1. The van der Waals surface area contributed by atoms with Gasteiger partial charge >= 0.3 is 12.1 Å².